The van der Waals surface area contributed by atoms with Gasteiger partial charge in [0.25, 0.3) is 0 Å². The summed E-state index contributed by atoms with van der Waals surface area (Å²) in [6.45, 7) is 6.18. The summed E-state index contributed by atoms with van der Waals surface area (Å²) < 4.78 is 0. The van der Waals surface area contributed by atoms with Crippen molar-refractivity contribution in [1.82, 2.24) is 5.32 Å². The van der Waals surface area contributed by atoms with Crippen LogP contribution in [0.5, 0.6) is 0 Å². The minimum Gasteiger partial charge on any atom is -0.399 e. The zero-order valence-electron chi connectivity index (χ0n) is 13.8. The van der Waals surface area contributed by atoms with Crippen molar-refractivity contribution in [2.24, 2.45) is 5.92 Å². The number of hydrogen-bond acceptors (Lipinski definition) is 2. The fourth-order valence-corrected chi connectivity index (χ4v) is 1.99. The molecule has 4 heteroatoms. The summed E-state index contributed by atoms with van der Waals surface area (Å²) in [5, 5.41) is 2.87. The first-order chi connectivity index (χ1) is 11.0. The minimum absolute atomic E-state index is 0.207. The molecule has 0 aromatic heterocycles. The number of urea groups is 1. The molecular weight excluding hydrogens is 286 g/mol. The van der Waals surface area contributed by atoms with Gasteiger partial charge in [0.1, 0.15) is 0 Å². The van der Waals surface area contributed by atoms with E-state index in [9.17, 15) is 4.79 Å². The van der Waals surface area contributed by atoms with Gasteiger partial charge in [-0.15, -0.1) is 0 Å². The van der Waals surface area contributed by atoms with Gasteiger partial charge in [0.15, 0.2) is 0 Å². The molecule has 0 saturated heterocycles. The van der Waals surface area contributed by atoms with Crippen LogP contribution in [0, 0.1) is 5.92 Å². The molecule has 0 unspecified atom stereocenters. The van der Waals surface area contributed by atoms with Gasteiger partial charge in [0, 0.05) is 11.9 Å². The molecule has 0 aliphatic heterocycles. The van der Waals surface area contributed by atoms with E-state index in [1.165, 1.54) is 0 Å². The number of nitrogen functional groups attached to an aromatic ring is 1. The Bertz CT molecular complexity index is 676. The lowest BCUT2D eigenvalue weighted by atomic mass is 10.1. The van der Waals surface area contributed by atoms with E-state index in [0.29, 0.717) is 11.6 Å². The lowest BCUT2D eigenvalue weighted by Crippen LogP contribution is -2.34. The number of anilines is 3. The van der Waals surface area contributed by atoms with Crippen molar-refractivity contribution < 1.29 is 4.79 Å². The molecule has 2 rings (SSSR count). The summed E-state index contributed by atoms with van der Waals surface area (Å²) in [6, 6.07) is 16.6. The van der Waals surface area contributed by atoms with Gasteiger partial charge in [-0.2, -0.15) is 0 Å². The van der Waals surface area contributed by atoms with Crippen molar-refractivity contribution >= 4 is 23.1 Å². The van der Waals surface area contributed by atoms with E-state index in [-0.39, 0.29) is 6.03 Å². The first-order valence-corrected chi connectivity index (χ1v) is 7.67. The maximum Gasteiger partial charge on any atom is 0.330 e. The van der Waals surface area contributed by atoms with Crippen LogP contribution in [0.25, 0.3) is 0 Å². The summed E-state index contributed by atoms with van der Waals surface area (Å²) >= 11 is 0. The summed E-state index contributed by atoms with van der Waals surface area (Å²) in [5.41, 5.74) is 9.08. The number of rotatable bonds is 4. The van der Waals surface area contributed by atoms with E-state index in [0.717, 1.165) is 16.9 Å². The Morgan fingerprint density at radius 2 is 1.61 bits per heavy atom. The summed E-state index contributed by atoms with van der Waals surface area (Å²) in [5.74, 6) is 0.386. The number of nitrogens with zero attached hydrogens (tertiary/aromatic N) is 1. The molecule has 0 spiro atoms. The number of nitrogens with one attached hydrogen (secondary N) is 1. The molecule has 2 aromatic rings. The lowest BCUT2D eigenvalue weighted by molar-refractivity contribution is 0.251. The molecule has 3 N–H and O–H groups in total. The second kappa shape index (κ2) is 7.49. The van der Waals surface area contributed by atoms with Crippen molar-refractivity contribution in [1.29, 1.82) is 0 Å². The van der Waals surface area contributed by atoms with Crippen molar-refractivity contribution in [3.63, 3.8) is 0 Å². The molecule has 0 aliphatic rings. The van der Waals surface area contributed by atoms with Gasteiger partial charge in [-0.05, 0) is 49.2 Å². The van der Waals surface area contributed by atoms with Crippen LogP contribution in [-0.4, -0.2) is 6.03 Å². The topological polar surface area (TPSA) is 58.4 Å². The second-order valence-electron chi connectivity index (χ2n) is 5.76. The minimum atomic E-state index is -0.207. The van der Waals surface area contributed by atoms with E-state index in [1.807, 2.05) is 49.4 Å². The molecule has 0 atom stereocenters. The van der Waals surface area contributed by atoms with Gasteiger partial charge < -0.3 is 11.1 Å². The van der Waals surface area contributed by atoms with E-state index in [4.69, 9.17) is 5.73 Å². The molecule has 4 nitrogen and oxygen atoms in total. The highest BCUT2D eigenvalue weighted by atomic mass is 16.2. The molecule has 0 aliphatic carbocycles. The number of allylic oxidation sites excluding steroid dienone is 1. The maximum atomic E-state index is 12.7. The van der Waals surface area contributed by atoms with Crippen LogP contribution >= 0.6 is 0 Å². The molecule has 2 amide bonds. The number of hydrogen-bond donors (Lipinski definition) is 2. The number of carbonyl (C=O) groups excluding carboxylic acids is 1. The van der Waals surface area contributed by atoms with E-state index in [1.54, 1.807) is 23.2 Å². The molecule has 120 valence electrons. The monoisotopic (exact) mass is 309 g/mol. The van der Waals surface area contributed by atoms with Crippen molar-refractivity contribution in [2.75, 3.05) is 10.6 Å². The van der Waals surface area contributed by atoms with Gasteiger partial charge in [0.2, 0.25) is 0 Å². The van der Waals surface area contributed by atoms with Crippen LogP contribution in [0.3, 0.4) is 0 Å². The Kier molecular flexibility index (Phi) is 5.41. The molecule has 0 saturated carbocycles. The number of benzene rings is 2. The second-order valence-corrected chi connectivity index (χ2v) is 5.76. The quantitative estimate of drug-likeness (QED) is 0.806. The fraction of sp³-hybridized carbons (Fsp3) is 0.211. The number of amides is 2. The van der Waals surface area contributed by atoms with Gasteiger partial charge in [0.05, 0.1) is 11.4 Å². The Hall–Kier alpha value is -2.75. The highest BCUT2D eigenvalue weighted by molar-refractivity contribution is 5.99. The van der Waals surface area contributed by atoms with E-state index < -0.39 is 0 Å². The van der Waals surface area contributed by atoms with Crippen LogP contribution < -0.4 is 16.0 Å². The third-order valence-electron chi connectivity index (χ3n) is 3.70. The zero-order chi connectivity index (χ0) is 16.8. The number of carbonyl (C=O) groups is 1. The molecule has 0 bridgehead atoms. The smallest absolute Gasteiger partial charge is 0.330 e. The molecular formula is C19H23N3O. The van der Waals surface area contributed by atoms with Crippen molar-refractivity contribution in [2.45, 2.75) is 20.8 Å². The van der Waals surface area contributed by atoms with Crippen LogP contribution in [0.1, 0.15) is 20.8 Å². The van der Waals surface area contributed by atoms with Gasteiger partial charge in [-0.3, -0.25) is 4.90 Å². The predicted octanol–water partition coefficient (Wildman–Crippen LogP) is 4.68. The van der Waals surface area contributed by atoms with Crippen molar-refractivity contribution in [3.8, 4) is 0 Å². The fourth-order valence-electron chi connectivity index (χ4n) is 1.99. The van der Waals surface area contributed by atoms with Crippen LogP contribution in [0.15, 0.2) is 66.4 Å². The summed E-state index contributed by atoms with van der Waals surface area (Å²) in [7, 11) is 0. The number of nitrogens with two attached hydrogens (primary N) is 1. The van der Waals surface area contributed by atoms with Crippen LogP contribution in [0.2, 0.25) is 0 Å². The first kappa shape index (κ1) is 16.6. The van der Waals surface area contributed by atoms with Crippen LogP contribution in [0.4, 0.5) is 21.9 Å². The molecule has 0 radical (unpaired) electrons. The standard InChI is InChI=1S/C19H23N3O/c1-14(2)15(3)13-21-19(23)22(17-7-5-4-6-8-17)18-11-9-16(20)10-12-18/h4-14H,20H2,1-3H3,(H,21,23)/b15-13+. The third-order valence-corrected chi connectivity index (χ3v) is 3.70. The highest BCUT2D eigenvalue weighted by Crippen LogP contribution is 2.26. The molecule has 0 fully saturated rings. The van der Waals surface area contributed by atoms with Gasteiger partial charge in [-0.1, -0.05) is 37.6 Å². The third kappa shape index (κ3) is 4.36. The lowest BCUT2D eigenvalue weighted by Gasteiger charge is -2.23. The zero-order valence-corrected chi connectivity index (χ0v) is 13.8. The average Bonchev–Trinajstić information content (AvgIpc) is 2.55. The Labute approximate surface area is 137 Å². The normalized spacial score (nSPS) is 11.4. The summed E-state index contributed by atoms with van der Waals surface area (Å²) in [4.78, 5) is 14.3. The average molecular weight is 309 g/mol. The Morgan fingerprint density at radius 3 is 2.17 bits per heavy atom. The number of para-hydroxylation sites is 1. The Balaban J connectivity index is 2.32. The predicted molar refractivity (Wildman–Crippen MR) is 96.6 cm³/mol. The largest absolute Gasteiger partial charge is 0.399 e. The SMILES string of the molecule is C/C(=C\NC(=O)N(c1ccccc1)c1ccc(N)cc1)C(C)C. The molecule has 0 heterocycles. The first-order valence-electron chi connectivity index (χ1n) is 7.67. The van der Waals surface area contributed by atoms with Gasteiger partial charge >= 0.3 is 6.03 Å². The van der Waals surface area contributed by atoms with E-state index >= 15 is 0 Å². The van der Waals surface area contributed by atoms with E-state index in [2.05, 4.69) is 19.2 Å². The molecule has 2 aromatic carbocycles. The summed E-state index contributed by atoms with van der Waals surface area (Å²) in [6.07, 6.45) is 1.76. The Morgan fingerprint density at radius 1 is 1.04 bits per heavy atom. The van der Waals surface area contributed by atoms with Gasteiger partial charge in [-0.25, -0.2) is 4.79 Å². The van der Waals surface area contributed by atoms with Crippen LogP contribution in [-0.2, 0) is 0 Å². The maximum absolute atomic E-state index is 12.7. The van der Waals surface area contributed by atoms with Crippen molar-refractivity contribution in [3.05, 3.63) is 66.4 Å². The highest BCUT2D eigenvalue weighted by Gasteiger charge is 2.17. The molecule has 23 heavy (non-hydrogen) atoms.